The number of benzene rings is 1. The fourth-order valence-corrected chi connectivity index (χ4v) is 2.89. The molecule has 0 saturated heterocycles. The van der Waals surface area contributed by atoms with Crippen LogP contribution in [-0.2, 0) is 6.54 Å². The fraction of sp³-hybridized carbons (Fsp3) is 0.429. The Morgan fingerprint density at radius 3 is 2.79 bits per heavy atom. The van der Waals surface area contributed by atoms with E-state index in [1.165, 1.54) is 0 Å². The van der Waals surface area contributed by atoms with Crippen molar-refractivity contribution in [3.63, 3.8) is 0 Å². The highest BCUT2D eigenvalue weighted by Crippen LogP contribution is 2.17. The molecule has 2 aromatic rings. The Hall–Kier alpha value is -0.810. The molecule has 0 bridgehead atoms. The van der Waals surface area contributed by atoms with Crippen molar-refractivity contribution in [2.45, 2.75) is 20.4 Å². The van der Waals surface area contributed by atoms with Crippen molar-refractivity contribution in [1.29, 1.82) is 0 Å². The maximum absolute atomic E-state index is 12.4. The van der Waals surface area contributed by atoms with Gasteiger partial charge in [-0.2, -0.15) is 12.6 Å². The number of halogens is 1. The van der Waals surface area contributed by atoms with Crippen LogP contribution in [0, 0.1) is 11.8 Å². The number of nitrogens with zero attached hydrogens (tertiary/aromatic N) is 2. The van der Waals surface area contributed by atoms with Crippen LogP contribution in [0.5, 0.6) is 0 Å². The van der Waals surface area contributed by atoms with Gasteiger partial charge in [-0.15, -0.1) is 0 Å². The molecule has 1 aromatic carbocycles. The summed E-state index contributed by atoms with van der Waals surface area (Å²) in [6.45, 7) is 4.96. The molecule has 2 rings (SSSR count). The van der Waals surface area contributed by atoms with Crippen LogP contribution in [0.25, 0.3) is 10.9 Å². The zero-order valence-electron chi connectivity index (χ0n) is 11.0. The molecule has 1 heterocycles. The van der Waals surface area contributed by atoms with Gasteiger partial charge in [0.15, 0.2) is 0 Å². The molecule has 0 saturated carbocycles. The van der Waals surface area contributed by atoms with Crippen molar-refractivity contribution in [3.8, 4) is 0 Å². The van der Waals surface area contributed by atoms with Crippen LogP contribution in [0.15, 0.2) is 33.8 Å². The summed E-state index contributed by atoms with van der Waals surface area (Å²) in [6.07, 6.45) is 1.64. The lowest BCUT2D eigenvalue weighted by molar-refractivity contribution is 0.366. The second-order valence-corrected chi connectivity index (χ2v) is 6.33. The summed E-state index contributed by atoms with van der Waals surface area (Å²) in [5.74, 6) is 1.62. The van der Waals surface area contributed by atoms with E-state index in [2.05, 4.69) is 47.4 Å². The van der Waals surface area contributed by atoms with E-state index >= 15 is 0 Å². The number of aromatic nitrogens is 2. The minimum Gasteiger partial charge on any atom is -0.298 e. The predicted octanol–water partition coefficient (Wildman–Crippen LogP) is 3.36. The third-order valence-corrected chi connectivity index (χ3v) is 4.36. The lowest BCUT2D eigenvalue weighted by atomic mass is 9.98. The van der Waals surface area contributed by atoms with E-state index < -0.39 is 0 Å². The van der Waals surface area contributed by atoms with E-state index in [-0.39, 0.29) is 5.56 Å². The maximum atomic E-state index is 12.4. The highest BCUT2D eigenvalue weighted by Gasteiger charge is 2.14. The maximum Gasteiger partial charge on any atom is 0.261 e. The van der Waals surface area contributed by atoms with E-state index in [0.717, 1.165) is 15.7 Å². The van der Waals surface area contributed by atoms with Crippen molar-refractivity contribution >= 4 is 39.5 Å². The third-order valence-electron chi connectivity index (χ3n) is 3.39. The molecule has 19 heavy (non-hydrogen) atoms. The third kappa shape index (κ3) is 3.20. The van der Waals surface area contributed by atoms with E-state index in [0.29, 0.717) is 23.8 Å². The molecular weight excluding hydrogens is 324 g/mol. The first-order valence-corrected chi connectivity index (χ1v) is 7.71. The van der Waals surface area contributed by atoms with Crippen LogP contribution in [0.4, 0.5) is 0 Å². The zero-order chi connectivity index (χ0) is 14.0. The quantitative estimate of drug-likeness (QED) is 0.866. The summed E-state index contributed by atoms with van der Waals surface area (Å²) in [5, 5.41) is 0.651. The molecule has 1 aromatic heterocycles. The van der Waals surface area contributed by atoms with E-state index in [9.17, 15) is 4.79 Å². The standard InChI is InChI=1S/C14H17BrN2OS/c1-9(2)10(7-19)6-17-8-16-13-4-3-11(15)5-12(13)14(17)18/h3-5,8-10,19H,6-7H2,1-2H3. The van der Waals surface area contributed by atoms with Gasteiger partial charge in [0, 0.05) is 11.0 Å². The monoisotopic (exact) mass is 340 g/mol. The van der Waals surface area contributed by atoms with Gasteiger partial charge in [0.05, 0.1) is 17.2 Å². The molecule has 0 aliphatic rings. The molecule has 0 N–H and O–H groups in total. The summed E-state index contributed by atoms with van der Waals surface area (Å²) >= 11 is 7.76. The lowest BCUT2D eigenvalue weighted by Gasteiger charge is -2.19. The normalized spacial score (nSPS) is 13.1. The van der Waals surface area contributed by atoms with Crippen molar-refractivity contribution in [2.75, 3.05) is 5.75 Å². The highest BCUT2D eigenvalue weighted by atomic mass is 79.9. The molecule has 102 valence electrons. The Balaban J connectivity index is 2.45. The zero-order valence-corrected chi connectivity index (χ0v) is 13.5. The highest BCUT2D eigenvalue weighted by molar-refractivity contribution is 9.10. The number of rotatable bonds is 4. The molecule has 3 nitrogen and oxygen atoms in total. The molecule has 0 fully saturated rings. The van der Waals surface area contributed by atoms with Crippen molar-refractivity contribution in [3.05, 3.63) is 39.4 Å². The average molecular weight is 341 g/mol. The molecule has 1 atom stereocenters. The van der Waals surface area contributed by atoms with Crippen molar-refractivity contribution < 1.29 is 0 Å². The van der Waals surface area contributed by atoms with Gasteiger partial charge in [-0.3, -0.25) is 9.36 Å². The molecule has 0 aliphatic heterocycles. The number of hydrogen-bond donors (Lipinski definition) is 1. The summed E-state index contributed by atoms with van der Waals surface area (Å²) in [5.41, 5.74) is 0.746. The van der Waals surface area contributed by atoms with Gasteiger partial charge in [-0.25, -0.2) is 4.98 Å². The number of hydrogen-bond acceptors (Lipinski definition) is 3. The van der Waals surface area contributed by atoms with Crippen LogP contribution in [-0.4, -0.2) is 15.3 Å². The van der Waals surface area contributed by atoms with Crippen LogP contribution < -0.4 is 5.56 Å². The summed E-state index contributed by atoms with van der Waals surface area (Å²) in [6, 6.07) is 5.57. The van der Waals surface area contributed by atoms with Crippen LogP contribution >= 0.6 is 28.6 Å². The Kier molecular flexibility index (Phi) is 4.68. The largest absolute Gasteiger partial charge is 0.298 e. The van der Waals surface area contributed by atoms with Gasteiger partial charge in [-0.05, 0) is 35.8 Å². The van der Waals surface area contributed by atoms with Crippen LogP contribution in [0.2, 0.25) is 0 Å². The molecule has 0 aliphatic carbocycles. The topological polar surface area (TPSA) is 34.9 Å². The molecule has 0 spiro atoms. The van der Waals surface area contributed by atoms with Crippen molar-refractivity contribution in [1.82, 2.24) is 9.55 Å². The van der Waals surface area contributed by atoms with Crippen molar-refractivity contribution in [2.24, 2.45) is 11.8 Å². The van der Waals surface area contributed by atoms with Gasteiger partial charge in [-0.1, -0.05) is 29.8 Å². The molecular formula is C14H17BrN2OS. The summed E-state index contributed by atoms with van der Waals surface area (Å²) in [4.78, 5) is 16.8. The lowest BCUT2D eigenvalue weighted by Crippen LogP contribution is -2.27. The SMILES string of the molecule is CC(C)C(CS)Cn1cnc2ccc(Br)cc2c1=O. The number of thiol groups is 1. The minimum atomic E-state index is 0.0127. The summed E-state index contributed by atoms with van der Waals surface area (Å²) in [7, 11) is 0. The minimum absolute atomic E-state index is 0.0127. The smallest absolute Gasteiger partial charge is 0.261 e. The van der Waals surface area contributed by atoms with Crippen LogP contribution in [0.1, 0.15) is 13.8 Å². The van der Waals surface area contributed by atoms with E-state index in [1.54, 1.807) is 10.9 Å². The van der Waals surface area contributed by atoms with E-state index in [1.807, 2.05) is 18.2 Å². The first kappa shape index (κ1) is 14.6. The Morgan fingerprint density at radius 1 is 1.42 bits per heavy atom. The van der Waals surface area contributed by atoms with Gasteiger partial charge in [0.1, 0.15) is 0 Å². The second kappa shape index (κ2) is 6.09. The van der Waals surface area contributed by atoms with Gasteiger partial charge >= 0.3 is 0 Å². The summed E-state index contributed by atoms with van der Waals surface area (Å²) < 4.78 is 2.58. The molecule has 1 unspecified atom stereocenters. The van der Waals surface area contributed by atoms with Crippen LogP contribution in [0.3, 0.4) is 0 Å². The average Bonchev–Trinajstić information content (AvgIpc) is 2.38. The number of fused-ring (bicyclic) bond motifs is 1. The van der Waals surface area contributed by atoms with Gasteiger partial charge < -0.3 is 0 Å². The predicted molar refractivity (Wildman–Crippen MR) is 85.9 cm³/mol. The molecule has 5 heteroatoms. The molecule has 0 radical (unpaired) electrons. The first-order chi connectivity index (χ1) is 9.02. The molecule has 0 amide bonds. The first-order valence-electron chi connectivity index (χ1n) is 6.28. The Bertz CT molecular complexity index is 639. The Labute approximate surface area is 126 Å². The van der Waals surface area contributed by atoms with E-state index in [4.69, 9.17) is 0 Å². The second-order valence-electron chi connectivity index (χ2n) is 5.05. The fourth-order valence-electron chi connectivity index (χ4n) is 1.99. The van der Waals surface area contributed by atoms with Gasteiger partial charge in [0.2, 0.25) is 0 Å². The Morgan fingerprint density at radius 2 is 2.16 bits per heavy atom. The van der Waals surface area contributed by atoms with Gasteiger partial charge in [0.25, 0.3) is 5.56 Å².